The molecule has 1 N–H and O–H groups in total. The molecule has 0 amide bonds. The quantitative estimate of drug-likeness (QED) is 0.745. The van der Waals surface area contributed by atoms with Crippen molar-refractivity contribution in [3.63, 3.8) is 0 Å². The average molecular weight is 314 g/mol. The fourth-order valence-electron chi connectivity index (χ4n) is 2.18. The van der Waals surface area contributed by atoms with Crippen molar-refractivity contribution in [3.05, 3.63) is 63.8 Å². The zero-order valence-electron chi connectivity index (χ0n) is 11.9. The van der Waals surface area contributed by atoms with E-state index in [0.717, 1.165) is 4.90 Å². The third kappa shape index (κ3) is 2.39. The summed E-state index contributed by atoms with van der Waals surface area (Å²) in [7, 11) is 1.59. The van der Waals surface area contributed by atoms with E-state index in [9.17, 15) is 9.59 Å². The highest BCUT2D eigenvalue weighted by atomic mass is 32.2. The van der Waals surface area contributed by atoms with Gasteiger partial charge in [0.25, 0.3) is 5.56 Å². The van der Waals surface area contributed by atoms with Crippen molar-refractivity contribution in [2.24, 2.45) is 7.05 Å². The summed E-state index contributed by atoms with van der Waals surface area (Å²) < 4.78 is 3.10. The van der Waals surface area contributed by atoms with Crippen LogP contribution in [-0.2, 0) is 13.6 Å². The van der Waals surface area contributed by atoms with Gasteiger partial charge in [-0.1, -0.05) is 36.0 Å². The monoisotopic (exact) mass is 314 g/mol. The second kappa shape index (κ2) is 5.69. The molecule has 0 unspecified atom stereocenters. The summed E-state index contributed by atoms with van der Waals surface area (Å²) in [5.41, 5.74) is -0.168. The number of nitrogens with one attached hydrogen (secondary N) is 1. The number of hydrogen-bond donors (Lipinski definition) is 1. The van der Waals surface area contributed by atoms with E-state index < -0.39 is 11.2 Å². The lowest BCUT2D eigenvalue weighted by Crippen LogP contribution is -2.29. The van der Waals surface area contributed by atoms with Crippen LogP contribution in [0.4, 0.5) is 0 Å². The Morgan fingerprint density at radius 2 is 2.05 bits per heavy atom. The fraction of sp³-hybridized carbons (Fsp3) is 0.133. The number of aromatic amines is 1. The molecule has 22 heavy (non-hydrogen) atoms. The highest BCUT2D eigenvalue weighted by molar-refractivity contribution is 7.99. The molecule has 2 aromatic heterocycles. The molecule has 0 aliphatic heterocycles. The van der Waals surface area contributed by atoms with Gasteiger partial charge in [-0.2, -0.15) is 0 Å². The second-order valence-electron chi connectivity index (χ2n) is 4.70. The van der Waals surface area contributed by atoms with E-state index in [1.54, 1.807) is 17.7 Å². The Kier molecular flexibility index (Phi) is 3.72. The van der Waals surface area contributed by atoms with E-state index in [-0.39, 0.29) is 0 Å². The van der Waals surface area contributed by atoms with Crippen LogP contribution in [0.1, 0.15) is 0 Å². The molecule has 0 bridgehead atoms. The van der Waals surface area contributed by atoms with Crippen molar-refractivity contribution >= 4 is 22.9 Å². The van der Waals surface area contributed by atoms with Crippen molar-refractivity contribution < 1.29 is 0 Å². The van der Waals surface area contributed by atoms with Crippen LogP contribution in [0.25, 0.3) is 11.2 Å². The molecule has 0 atom stereocenters. The maximum Gasteiger partial charge on any atom is 0.329 e. The number of benzene rings is 1. The Bertz CT molecular complexity index is 953. The molecule has 3 rings (SSSR count). The molecule has 0 aliphatic carbocycles. The largest absolute Gasteiger partial charge is 0.329 e. The van der Waals surface area contributed by atoms with Crippen LogP contribution in [-0.4, -0.2) is 19.1 Å². The first-order valence-corrected chi connectivity index (χ1v) is 7.47. The third-order valence-electron chi connectivity index (χ3n) is 3.24. The van der Waals surface area contributed by atoms with Crippen LogP contribution < -0.4 is 11.2 Å². The number of allylic oxidation sites excluding steroid dienone is 1. The molecule has 6 nitrogen and oxygen atoms in total. The number of fused-ring (bicyclic) bond motifs is 1. The third-order valence-corrected chi connectivity index (χ3v) is 4.24. The Morgan fingerprint density at radius 1 is 1.32 bits per heavy atom. The summed E-state index contributed by atoms with van der Waals surface area (Å²) in [6.07, 6.45) is 1.70. The van der Waals surface area contributed by atoms with Crippen molar-refractivity contribution in [1.29, 1.82) is 0 Å². The summed E-state index contributed by atoms with van der Waals surface area (Å²) in [5, 5.41) is 0.646. The van der Waals surface area contributed by atoms with Gasteiger partial charge < -0.3 is 4.57 Å². The first-order valence-electron chi connectivity index (χ1n) is 6.65. The molecular formula is C15H14N4O2S. The molecular weight excluding hydrogens is 300 g/mol. The maximum absolute atomic E-state index is 12.1. The van der Waals surface area contributed by atoms with Gasteiger partial charge in [0.15, 0.2) is 16.3 Å². The maximum atomic E-state index is 12.1. The van der Waals surface area contributed by atoms with E-state index in [0.29, 0.717) is 22.9 Å². The molecule has 0 saturated carbocycles. The number of imidazole rings is 1. The molecule has 0 spiro atoms. The summed E-state index contributed by atoms with van der Waals surface area (Å²) in [6, 6.07) is 9.74. The first kappa shape index (κ1) is 14.4. The molecule has 7 heteroatoms. The Morgan fingerprint density at radius 3 is 2.73 bits per heavy atom. The lowest BCUT2D eigenvalue weighted by molar-refractivity contribution is 0.745. The Hall–Kier alpha value is -2.54. The Labute approximate surface area is 130 Å². The molecule has 3 aromatic rings. The van der Waals surface area contributed by atoms with Gasteiger partial charge in [0.2, 0.25) is 0 Å². The molecule has 0 radical (unpaired) electrons. The number of nitrogens with zero attached hydrogens (tertiary/aromatic N) is 3. The lowest BCUT2D eigenvalue weighted by Gasteiger charge is -2.05. The molecule has 112 valence electrons. The van der Waals surface area contributed by atoms with E-state index in [2.05, 4.69) is 16.5 Å². The first-order chi connectivity index (χ1) is 10.6. The van der Waals surface area contributed by atoms with Crippen LogP contribution in [0.3, 0.4) is 0 Å². The van der Waals surface area contributed by atoms with Gasteiger partial charge in [0, 0.05) is 18.5 Å². The van der Waals surface area contributed by atoms with Gasteiger partial charge >= 0.3 is 5.69 Å². The average Bonchev–Trinajstić information content (AvgIpc) is 2.86. The zero-order chi connectivity index (χ0) is 15.7. The van der Waals surface area contributed by atoms with Crippen molar-refractivity contribution in [1.82, 2.24) is 19.1 Å². The Balaban J connectivity index is 2.26. The van der Waals surface area contributed by atoms with Gasteiger partial charge in [-0.25, -0.2) is 9.78 Å². The van der Waals surface area contributed by atoms with Crippen LogP contribution in [0.5, 0.6) is 0 Å². The molecule has 0 aliphatic rings. The summed E-state index contributed by atoms with van der Waals surface area (Å²) in [4.78, 5) is 31.6. The van der Waals surface area contributed by atoms with E-state index in [4.69, 9.17) is 0 Å². The predicted octanol–water partition coefficient (Wildman–Crippen LogP) is 1.76. The van der Waals surface area contributed by atoms with E-state index >= 15 is 0 Å². The SMILES string of the molecule is C=CCn1c(Sc2ccccc2)nc2c1c(=O)[nH]c(=O)n2C. The lowest BCUT2D eigenvalue weighted by atomic mass is 10.4. The number of H-pyrrole nitrogens is 1. The minimum absolute atomic E-state index is 0.369. The highest BCUT2D eigenvalue weighted by Gasteiger charge is 2.17. The van der Waals surface area contributed by atoms with Crippen LogP contribution >= 0.6 is 11.8 Å². The highest BCUT2D eigenvalue weighted by Crippen LogP contribution is 2.28. The van der Waals surface area contributed by atoms with Gasteiger partial charge in [-0.05, 0) is 12.1 Å². The van der Waals surface area contributed by atoms with Gasteiger partial charge in [-0.15, -0.1) is 6.58 Å². The summed E-state index contributed by atoms with van der Waals surface area (Å²) in [6.45, 7) is 4.16. The zero-order valence-corrected chi connectivity index (χ0v) is 12.8. The summed E-state index contributed by atoms with van der Waals surface area (Å²) in [5.74, 6) is 0. The van der Waals surface area contributed by atoms with Crippen molar-refractivity contribution in [2.75, 3.05) is 0 Å². The van der Waals surface area contributed by atoms with Crippen molar-refractivity contribution in [3.8, 4) is 0 Å². The van der Waals surface area contributed by atoms with Crippen LogP contribution in [0, 0.1) is 0 Å². The van der Waals surface area contributed by atoms with Gasteiger partial charge in [0.1, 0.15) is 0 Å². The topological polar surface area (TPSA) is 72.7 Å². The normalized spacial score (nSPS) is 11.0. The van der Waals surface area contributed by atoms with Crippen LogP contribution in [0.15, 0.2) is 62.6 Å². The fourth-order valence-corrected chi connectivity index (χ4v) is 3.10. The van der Waals surface area contributed by atoms with Crippen LogP contribution in [0.2, 0.25) is 0 Å². The van der Waals surface area contributed by atoms with Gasteiger partial charge in [0.05, 0.1) is 0 Å². The number of hydrogen-bond acceptors (Lipinski definition) is 4. The summed E-state index contributed by atoms with van der Waals surface area (Å²) >= 11 is 1.44. The number of aryl methyl sites for hydroxylation is 1. The smallest absolute Gasteiger partial charge is 0.309 e. The second-order valence-corrected chi connectivity index (χ2v) is 5.74. The van der Waals surface area contributed by atoms with E-state index in [1.807, 2.05) is 30.3 Å². The number of rotatable bonds is 4. The molecule has 0 saturated heterocycles. The van der Waals surface area contributed by atoms with Crippen molar-refractivity contribution in [2.45, 2.75) is 16.6 Å². The molecule has 1 aromatic carbocycles. The standard InChI is InChI=1S/C15H14N4O2S/c1-3-9-19-11-12(18(2)14(21)17-13(11)20)16-15(19)22-10-7-5-4-6-8-10/h3-8H,1,9H2,2H3,(H,17,20,21). The molecule has 2 heterocycles. The minimum Gasteiger partial charge on any atom is -0.309 e. The van der Waals surface area contributed by atoms with Gasteiger partial charge in [-0.3, -0.25) is 14.3 Å². The predicted molar refractivity (Wildman–Crippen MR) is 86.4 cm³/mol. The van der Waals surface area contributed by atoms with E-state index in [1.165, 1.54) is 16.3 Å². The number of aromatic nitrogens is 4. The molecule has 0 fully saturated rings. The minimum atomic E-state index is -0.475.